The Hall–Kier alpha value is -2.94. The predicted octanol–water partition coefficient (Wildman–Crippen LogP) is 6.81. The minimum Gasteiger partial charge on any atom is -0.493 e. The van der Waals surface area contributed by atoms with Crippen molar-refractivity contribution >= 4 is 56.5 Å². The lowest BCUT2D eigenvalue weighted by atomic mass is 10.1. The Bertz CT molecular complexity index is 1270. The summed E-state index contributed by atoms with van der Waals surface area (Å²) >= 11 is 10.6. The fraction of sp³-hybridized carbons (Fsp3) is 0.154. The van der Waals surface area contributed by atoms with Crippen LogP contribution in [0.15, 0.2) is 76.1 Å². The zero-order valence-corrected chi connectivity index (χ0v) is 21.9. The van der Waals surface area contributed by atoms with Crippen LogP contribution in [0.4, 0.5) is 4.79 Å². The highest BCUT2D eigenvalue weighted by molar-refractivity contribution is 9.10. The molecule has 1 heterocycles. The van der Waals surface area contributed by atoms with Gasteiger partial charge in [0.15, 0.2) is 11.5 Å². The number of nitrogens with zero attached hydrogens (tertiary/aromatic N) is 1. The fourth-order valence-electron chi connectivity index (χ4n) is 3.34. The van der Waals surface area contributed by atoms with E-state index in [1.165, 1.54) is 12.0 Å². The third-order valence-corrected chi connectivity index (χ3v) is 6.94. The number of carbonyl (C=O) groups is 2. The number of hydrogen-bond donors (Lipinski definition) is 0. The van der Waals surface area contributed by atoms with Gasteiger partial charge in [0, 0.05) is 10.6 Å². The molecule has 1 saturated heterocycles. The lowest BCUT2D eigenvalue weighted by molar-refractivity contribution is -0.123. The summed E-state index contributed by atoms with van der Waals surface area (Å²) < 4.78 is 17.7. The molecule has 0 spiro atoms. The number of methoxy groups -OCH3 is 1. The number of thioether (sulfide) groups is 1. The molecule has 0 bridgehead atoms. The van der Waals surface area contributed by atoms with Crippen LogP contribution in [0.5, 0.6) is 17.2 Å². The van der Waals surface area contributed by atoms with Crippen molar-refractivity contribution in [3.8, 4) is 17.2 Å². The molecule has 1 aliphatic rings. The van der Waals surface area contributed by atoms with Crippen molar-refractivity contribution in [2.24, 2.45) is 0 Å². The van der Waals surface area contributed by atoms with Gasteiger partial charge in [0.2, 0.25) is 0 Å². The second-order valence-corrected chi connectivity index (χ2v) is 9.66. The molecule has 2 amide bonds. The van der Waals surface area contributed by atoms with Gasteiger partial charge >= 0.3 is 0 Å². The normalized spacial score (nSPS) is 14.5. The maximum absolute atomic E-state index is 12.8. The van der Waals surface area contributed by atoms with Crippen LogP contribution in [0.25, 0.3) is 6.08 Å². The van der Waals surface area contributed by atoms with Gasteiger partial charge in [0.25, 0.3) is 11.1 Å². The minimum absolute atomic E-state index is 0.165. The van der Waals surface area contributed by atoms with E-state index in [1.807, 2.05) is 48.5 Å². The predicted molar refractivity (Wildman–Crippen MR) is 141 cm³/mol. The van der Waals surface area contributed by atoms with Crippen LogP contribution in [0.3, 0.4) is 0 Å². The van der Waals surface area contributed by atoms with E-state index in [4.69, 9.17) is 25.8 Å². The lowest BCUT2D eigenvalue weighted by Crippen LogP contribution is -2.32. The molecular formula is C26H21BrClNO5S. The first-order chi connectivity index (χ1) is 17.0. The highest BCUT2D eigenvalue weighted by Crippen LogP contribution is 2.39. The van der Waals surface area contributed by atoms with Gasteiger partial charge in [0.05, 0.1) is 23.0 Å². The molecule has 0 aliphatic carbocycles. The summed E-state index contributed by atoms with van der Waals surface area (Å²) in [5.74, 6) is 1.32. The SMILES string of the molecule is COc1cc(/C=C2\SC(=O)N(CCOc3ccccc3)C2=O)cc(Br)c1OCc1ccccc1Cl. The summed E-state index contributed by atoms with van der Waals surface area (Å²) in [6.07, 6.45) is 1.66. The minimum atomic E-state index is -0.356. The molecule has 0 unspecified atom stereocenters. The molecule has 35 heavy (non-hydrogen) atoms. The standard InChI is InChI=1S/C26H21BrClNO5S/c1-32-22-14-17(13-20(27)24(22)34-16-18-7-5-6-10-21(18)28)15-23-25(30)29(26(31)35-23)11-12-33-19-8-3-2-4-9-19/h2-10,13-15H,11-12,16H2,1H3/b23-15-. The van der Waals surface area contributed by atoms with Crippen molar-refractivity contribution in [3.05, 3.63) is 92.3 Å². The highest BCUT2D eigenvalue weighted by atomic mass is 79.9. The quantitative estimate of drug-likeness (QED) is 0.262. The van der Waals surface area contributed by atoms with Gasteiger partial charge in [-0.15, -0.1) is 0 Å². The molecule has 0 saturated carbocycles. The topological polar surface area (TPSA) is 65.1 Å². The first kappa shape index (κ1) is 25.2. The summed E-state index contributed by atoms with van der Waals surface area (Å²) in [5, 5.41) is 0.285. The average molecular weight is 575 g/mol. The van der Waals surface area contributed by atoms with E-state index in [-0.39, 0.29) is 30.9 Å². The zero-order valence-electron chi connectivity index (χ0n) is 18.7. The summed E-state index contributed by atoms with van der Waals surface area (Å²) in [7, 11) is 1.54. The molecular weight excluding hydrogens is 554 g/mol. The van der Waals surface area contributed by atoms with Gasteiger partial charge in [-0.25, -0.2) is 0 Å². The van der Waals surface area contributed by atoms with Gasteiger partial charge in [-0.3, -0.25) is 14.5 Å². The summed E-state index contributed by atoms with van der Waals surface area (Å²) in [4.78, 5) is 26.8. The summed E-state index contributed by atoms with van der Waals surface area (Å²) in [6, 6.07) is 20.2. The number of halogens is 2. The van der Waals surface area contributed by atoms with Gasteiger partial charge in [-0.1, -0.05) is 48.0 Å². The monoisotopic (exact) mass is 573 g/mol. The number of para-hydroxylation sites is 1. The number of rotatable bonds is 9. The van der Waals surface area contributed by atoms with Crippen LogP contribution < -0.4 is 14.2 Å². The Labute approximate surface area is 220 Å². The van der Waals surface area contributed by atoms with E-state index in [0.29, 0.717) is 37.2 Å². The number of benzene rings is 3. The van der Waals surface area contributed by atoms with Crippen LogP contribution in [-0.2, 0) is 11.4 Å². The van der Waals surface area contributed by atoms with E-state index >= 15 is 0 Å². The van der Waals surface area contributed by atoms with Crippen molar-refractivity contribution < 1.29 is 23.8 Å². The van der Waals surface area contributed by atoms with Crippen molar-refractivity contribution in [3.63, 3.8) is 0 Å². The Morgan fingerprint density at radius 2 is 1.77 bits per heavy atom. The van der Waals surface area contributed by atoms with Crippen LogP contribution in [0.2, 0.25) is 5.02 Å². The molecule has 4 rings (SSSR count). The summed E-state index contributed by atoms with van der Waals surface area (Å²) in [5.41, 5.74) is 1.53. The van der Waals surface area contributed by atoms with Gasteiger partial charge in [-0.05, 0) is 69.7 Å². The Kier molecular flexibility index (Phi) is 8.38. The van der Waals surface area contributed by atoms with Crippen molar-refractivity contribution in [1.29, 1.82) is 0 Å². The molecule has 6 nitrogen and oxygen atoms in total. The van der Waals surface area contributed by atoms with E-state index in [1.54, 1.807) is 24.3 Å². The molecule has 3 aromatic rings. The maximum atomic E-state index is 12.8. The van der Waals surface area contributed by atoms with Crippen molar-refractivity contribution in [2.45, 2.75) is 6.61 Å². The molecule has 0 aromatic heterocycles. The van der Waals surface area contributed by atoms with Gasteiger partial charge in [-0.2, -0.15) is 0 Å². The first-order valence-corrected chi connectivity index (χ1v) is 12.6. The first-order valence-electron chi connectivity index (χ1n) is 10.6. The number of carbonyl (C=O) groups excluding carboxylic acids is 2. The molecule has 3 aromatic carbocycles. The molecule has 0 N–H and O–H groups in total. The van der Waals surface area contributed by atoms with Crippen molar-refractivity contribution in [1.82, 2.24) is 4.90 Å². The highest BCUT2D eigenvalue weighted by Gasteiger charge is 2.35. The fourth-order valence-corrected chi connectivity index (χ4v) is 4.97. The Morgan fingerprint density at radius 3 is 2.51 bits per heavy atom. The third-order valence-electron chi connectivity index (χ3n) is 5.08. The molecule has 9 heteroatoms. The molecule has 1 fully saturated rings. The van der Waals surface area contributed by atoms with Gasteiger partial charge in [0.1, 0.15) is 19.0 Å². The zero-order chi connectivity index (χ0) is 24.8. The maximum Gasteiger partial charge on any atom is 0.293 e. The second-order valence-electron chi connectivity index (χ2n) is 7.41. The number of imide groups is 1. The third kappa shape index (κ3) is 6.20. The van der Waals surface area contributed by atoms with Crippen molar-refractivity contribution in [2.75, 3.05) is 20.3 Å². The number of amides is 2. The lowest BCUT2D eigenvalue weighted by Gasteiger charge is -2.14. The molecule has 180 valence electrons. The van der Waals surface area contributed by atoms with Crippen LogP contribution in [0.1, 0.15) is 11.1 Å². The Balaban J connectivity index is 1.45. The second kappa shape index (κ2) is 11.7. The molecule has 0 radical (unpaired) electrons. The smallest absolute Gasteiger partial charge is 0.293 e. The largest absolute Gasteiger partial charge is 0.493 e. The van der Waals surface area contributed by atoms with E-state index in [0.717, 1.165) is 17.3 Å². The van der Waals surface area contributed by atoms with Crippen LogP contribution in [-0.4, -0.2) is 36.3 Å². The Morgan fingerprint density at radius 1 is 1.03 bits per heavy atom. The van der Waals surface area contributed by atoms with E-state index in [2.05, 4.69) is 15.9 Å². The summed E-state index contributed by atoms with van der Waals surface area (Å²) in [6.45, 7) is 0.642. The van der Waals surface area contributed by atoms with E-state index < -0.39 is 0 Å². The van der Waals surface area contributed by atoms with E-state index in [9.17, 15) is 9.59 Å². The van der Waals surface area contributed by atoms with Crippen LogP contribution in [0, 0.1) is 0 Å². The molecule has 1 aliphatic heterocycles. The average Bonchev–Trinajstić information content (AvgIpc) is 3.12. The van der Waals surface area contributed by atoms with Crippen LogP contribution >= 0.6 is 39.3 Å². The number of hydrogen-bond acceptors (Lipinski definition) is 6. The van der Waals surface area contributed by atoms with Gasteiger partial charge < -0.3 is 14.2 Å². The molecule has 0 atom stereocenters. The number of ether oxygens (including phenoxy) is 3.